The minimum Gasteiger partial charge on any atom is -0.312 e. The van der Waals surface area contributed by atoms with Gasteiger partial charge in [-0.1, -0.05) is 26.0 Å². The summed E-state index contributed by atoms with van der Waals surface area (Å²) in [6, 6.07) is 5.48. The molecule has 1 fully saturated rings. The van der Waals surface area contributed by atoms with E-state index in [4.69, 9.17) is 0 Å². The number of hydrogen-bond acceptors (Lipinski definition) is 2. The van der Waals surface area contributed by atoms with E-state index in [1.165, 1.54) is 23.3 Å². The quantitative estimate of drug-likeness (QED) is 0.838. The average Bonchev–Trinajstić information content (AvgIpc) is 3.11. The summed E-state index contributed by atoms with van der Waals surface area (Å²) in [6.07, 6.45) is 2.53. The van der Waals surface area contributed by atoms with E-state index in [0.717, 1.165) is 23.2 Å². The van der Waals surface area contributed by atoms with Crippen LogP contribution in [0.2, 0.25) is 0 Å². The predicted molar refractivity (Wildman–Crippen MR) is 80.3 cm³/mol. The fraction of sp³-hybridized carbons (Fsp3) is 0.500. The van der Waals surface area contributed by atoms with Gasteiger partial charge in [0, 0.05) is 11.4 Å². The Morgan fingerprint density at radius 2 is 2.16 bits per heavy atom. The molecule has 2 aromatic rings. The molecule has 3 rings (SSSR count). The van der Waals surface area contributed by atoms with Gasteiger partial charge in [-0.05, 0) is 48.2 Å². The van der Waals surface area contributed by atoms with E-state index in [1.54, 1.807) is 17.4 Å². The van der Waals surface area contributed by atoms with Crippen molar-refractivity contribution in [2.75, 3.05) is 6.54 Å². The highest BCUT2D eigenvalue weighted by molar-refractivity contribution is 7.19. The van der Waals surface area contributed by atoms with Crippen molar-refractivity contribution in [3.05, 3.63) is 34.5 Å². The Labute approximate surface area is 117 Å². The molecule has 3 heteroatoms. The van der Waals surface area contributed by atoms with Crippen molar-refractivity contribution in [3.8, 4) is 0 Å². The SMILES string of the molecule is CC(C)CNCc1sc2c(F)cccc2c1C1CC1. The molecule has 0 unspecified atom stereocenters. The van der Waals surface area contributed by atoms with E-state index >= 15 is 0 Å². The van der Waals surface area contributed by atoms with Gasteiger partial charge in [0.05, 0.1) is 4.70 Å². The summed E-state index contributed by atoms with van der Waals surface area (Å²) in [6.45, 7) is 6.31. The summed E-state index contributed by atoms with van der Waals surface area (Å²) in [7, 11) is 0. The second-order valence-corrected chi connectivity index (χ2v) is 6.96. The molecule has 19 heavy (non-hydrogen) atoms. The van der Waals surface area contributed by atoms with Gasteiger partial charge in [-0.15, -0.1) is 11.3 Å². The number of thiophene rings is 1. The van der Waals surface area contributed by atoms with Gasteiger partial charge >= 0.3 is 0 Å². The molecule has 0 radical (unpaired) electrons. The maximum absolute atomic E-state index is 13.9. The van der Waals surface area contributed by atoms with Crippen LogP contribution in [0.15, 0.2) is 18.2 Å². The molecule has 0 spiro atoms. The van der Waals surface area contributed by atoms with E-state index in [1.807, 2.05) is 6.07 Å². The second kappa shape index (κ2) is 5.22. The number of benzene rings is 1. The Kier molecular flexibility index (Phi) is 3.59. The van der Waals surface area contributed by atoms with Crippen LogP contribution in [0.3, 0.4) is 0 Å². The standard InChI is InChI=1S/C16H20FNS/c1-10(2)8-18-9-14-15(11-6-7-11)12-4-3-5-13(17)16(12)19-14/h3-5,10-11,18H,6-9H2,1-2H3. The minimum atomic E-state index is -0.0699. The molecule has 0 saturated heterocycles. The molecule has 1 heterocycles. The molecular weight excluding hydrogens is 257 g/mol. The van der Waals surface area contributed by atoms with E-state index in [9.17, 15) is 4.39 Å². The number of rotatable bonds is 5. The maximum atomic E-state index is 13.9. The van der Waals surface area contributed by atoms with E-state index in [2.05, 4.69) is 25.2 Å². The molecular formula is C16H20FNS. The van der Waals surface area contributed by atoms with Crippen molar-refractivity contribution < 1.29 is 4.39 Å². The van der Waals surface area contributed by atoms with Crippen LogP contribution < -0.4 is 5.32 Å². The second-order valence-electron chi connectivity index (χ2n) is 5.85. The van der Waals surface area contributed by atoms with Crippen LogP contribution in [-0.2, 0) is 6.54 Å². The lowest BCUT2D eigenvalue weighted by Gasteiger charge is -2.07. The Morgan fingerprint density at radius 3 is 2.84 bits per heavy atom. The topological polar surface area (TPSA) is 12.0 Å². The number of fused-ring (bicyclic) bond motifs is 1. The highest BCUT2D eigenvalue weighted by Gasteiger charge is 2.29. The highest BCUT2D eigenvalue weighted by Crippen LogP contribution is 2.48. The summed E-state index contributed by atoms with van der Waals surface area (Å²) in [5.74, 6) is 1.25. The van der Waals surface area contributed by atoms with Gasteiger partial charge in [0.25, 0.3) is 0 Å². The summed E-state index contributed by atoms with van der Waals surface area (Å²) in [5, 5.41) is 4.64. The molecule has 1 N–H and O–H groups in total. The zero-order valence-corrected chi connectivity index (χ0v) is 12.3. The van der Waals surface area contributed by atoms with Gasteiger partial charge in [0.2, 0.25) is 0 Å². The molecule has 1 aromatic carbocycles. The number of nitrogens with one attached hydrogen (secondary N) is 1. The third kappa shape index (κ3) is 2.67. The van der Waals surface area contributed by atoms with Gasteiger partial charge in [-0.3, -0.25) is 0 Å². The van der Waals surface area contributed by atoms with Gasteiger partial charge in [0.15, 0.2) is 0 Å². The Balaban J connectivity index is 1.93. The number of halogens is 1. The van der Waals surface area contributed by atoms with Crippen LogP contribution >= 0.6 is 11.3 Å². The summed E-state index contributed by atoms with van der Waals surface area (Å²) in [5.41, 5.74) is 1.41. The first kappa shape index (κ1) is 13.1. The lowest BCUT2D eigenvalue weighted by atomic mass is 10.1. The first-order valence-corrected chi connectivity index (χ1v) is 7.89. The molecule has 1 saturated carbocycles. The zero-order chi connectivity index (χ0) is 13.4. The molecule has 0 amide bonds. The van der Waals surface area contributed by atoms with Crippen LogP contribution in [0.25, 0.3) is 10.1 Å². The van der Waals surface area contributed by atoms with Crippen LogP contribution in [0.4, 0.5) is 4.39 Å². The Bertz CT molecular complexity index is 584. The normalized spacial score (nSPS) is 15.6. The van der Waals surface area contributed by atoms with E-state index in [0.29, 0.717) is 11.8 Å². The van der Waals surface area contributed by atoms with E-state index in [-0.39, 0.29) is 5.82 Å². The van der Waals surface area contributed by atoms with Gasteiger partial charge in [0.1, 0.15) is 5.82 Å². The fourth-order valence-corrected chi connectivity index (χ4v) is 3.84. The summed E-state index contributed by atoms with van der Waals surface area (Å²) in [4.78, 5) is 1.34. The largest absolute Gasteiger partial charge is 0.312 e. The molecule has 1 aliphatic carbocycles. The Hall–Kier alpha value is -0.930. The third-order valence-corrected chi connectivity index (χ3v) is 4.84. The molecule has 1 nitrogen and oxygen atoms in total. The van der Waals surface area contributed by atoms with Crippen molar-refractivity contribution in [3.63, 3.8) is 0 Å². The summed E-state index contributed by atoms with van der Waals surface area (Å²) >= 11 is 1.63. The van der Waals surface area contributed by atoms with Crippen LogP contribution in [0.5, 0.6) is 0 Å². The van der Waals surface area contributed by atoms with Crippen LogP contribution in [-0.4, -0.2) is 6.54 Å². The van der Waals surface area contributed by atoms with Crippen molar-refractivity contribution in [2.24, 2.45) is 5.92 Å². The van der Waals surface area contributed by atoms with Crippen molar-refractivity contribution in [2.45, 2.75) is 39.2 Å². The Morgan fingerprint density at radius 1 is 1.37 bits per heavy atom. The van der Waals surface area contributed by atoms with Crippen LogP contribution in [0, 0.1) is 11.7 Å². The molecule has 1 aromatic heterocycles. The summed E-state index contributed by atoms with van der Waals surface area (Å²) < 4.78 is 14.7. The fourth-order valence-electron chi connectivity index (χ4n) is 2.58. The lowest BCUT2D eigenvalue weighted by molar-refractivity contribution is 0.554. The molecule has 102 valence electrons. The zero-order valence-electron chi connectivity index (χ0n) is 11.5. The van der Waals surface area contributed by atoms with Crippen LogP contribution in [0.1, 0.15) is 43.0 Å². The van der Waals surface area contributed by atoms with Crippen molar-refractivity contribution in [1.29, 1.82) is 0 Å². The lowest BCUT2D eigenvalue weighted by Crippen LogP contribution is -2.18. The first-order valence-electron chi connectivity index (χ1n) is 7.07. The molecule has 0 atom stereocenters. The number of hydrogen-bond donors (Lipinski definition) is 1. The van der Waals surface area contributed by atoms with Gasteiger partial charge < -0.3 is 5.32 Å². The predicted octanol–water partition coefficient (Wildman–Crippen LogP) is 4.66. The molecule has 0 aliphatic heterocycles. The maximum Gasteiger partial charge on any atom is 0.141 e. The first-order chi connectivity index (χ1) is 9.16. The van der Waals surface area contributed by atoms with Crippen molar-refractivity contribution >= 4 is 21.4 Å². The molecule has 0 bridgehead atoms. The van der Waals surface area contributed by atoms with E-state index < -0.39 is 0 Å². The minimum absolute atomic E-state index is 0.0699. The average molecular weight is 277 g/mol. The monoisotopic (exact) mass is 277 g/mol. The molecule has 1 aliphatic rings. The van der Waals surface area contributed by atoms with Gasteiger partial charge in [-0.2, -0.15) is 0 Å². The third-order valence-electron chi connectivity index (χ3n) is 3.61. The smallest absolute Gasteiger partial charge is 0.141 e. The highest BCUT2D eigenvalue weighted by atomic mass is 32.1. The van der Waals surface area contributed by atoms with Gasteiger partial charge in [-0.25, -0.2) is 4.39 Å². The van der Waals surface area contributed by atoms with Crippen molar-refractivity contribution in [1.82, 2.24) is 5.32 Å².